The first-order valence-electron chi connectivity index (χ1n) is 28.1. The molecule has 4 rings (SSSR count). The summed E-state index contributed by atoms with van der Waals surface area (Å²) in [6.45, 7) is 3.45. The number of carbonyl (C=O) groups is 4. The molecule has 73 heavy (non-hydrogen) atoms. The fourth-order valence-corrected chi connectivity index (χ4v) is 9.14. The molecule has 3 aromatic carbocycles. The van der Waals surface area contributed by atoms with E-state index in [0.717, 1.165) is 44.9 Å². The molecule has 0 bridgehead atoms. The van der Waals surface area contributed by atoms with Gasteiger partial charge in [0.25, 0.3) is 0 Å². The highest BCUT2D eigenvalue weighted by Gasteiger charge is 2.51. The van der Waals surface area contributed by atoms with Gasteiger partial charge in [-0.25, -0.2) is 14.4 Å². The lowest BCUT2D eigenvalue weighted by Gasteiger charge is -2.43. The lowest BCUT2D eigenvalue weighted by atomic mass is 9.98. The van der Waals surface area contributed by atoms with E-state index in [2.05, 4.69) is 19.2 Å². The van der Waals surface area contributed by atoms with Gasteiger partial charge in [0.1, 0.15) is 18.3 Å². The third-order valence-corrected chi connectivity index (χ3v) is 13.5. The molecule has 12 heteroatoms. The molecule has 0 saturated carbocycles. The average Bonchev–Trinajstić information content (AvgIpc) is 3.41. The number of allylic oxidation sites excluding steroid dienone is 1. The summed E-state index contributed by atoms with van der Waals surface area (Å²) in [5.74, 6) is -2.47. The summed E-state index contributed by atoms with van der Waals surface area (Å²) in [5, 5.41) is 25.1. The second-order valence-electron chi connectivity index (χ2n) is 19.7. The standard InChI is InChI=1S/C61H89NO11/c1-3-5-7-9-11-13-15-17-19-21-23-25-36-44-52(70-58(66)48-38-30-27-31-39-48)51(62-54(64)45-37-26-24-22-20-18-16-14-12-10-8-6-4-2)47-69-61-57(73-60(68)50-42-34-29-35-43-50)56(55(65)53(46-63)71-61)72-59(67)49-40-32-28-33-41-49/h27-36,38-44,51-53,55-57,61,63,65H,3-26,37,45-47H2,1-2H3,(H,62,64)/b44-36+/t51-,52+,53+,55+,56-,57+,61-/m0/s1. The summed E-state index contributed by atoms with van der Waals surface area (Å²) < 4.78 is 30.6. The van der Waals surface area contributed by atoms with Crippen LogP contribution >= 0.6 is 0 Å². The van der Waals surface area contributed by atoms with Gasteiger partial charge in [-0.2, -0.15) is 0 Å². The predicted molar refractivity (Wildman–Crippen MR) is 287 cm³/mol. The Morgan fingerprint density at radius 2 is 0.973 bits per heavy atom. The van der Waals surface area contributed by atoms with E-state index in [1.165, 1.54) is 109 Å². The Kier molecular flexibility index (Phi) is 31.4. The van der Waals surface area contributed by atoms with Crippen molar-refractivity contribution in [2.45, 2.75) is 224 Å². The molecular weight excluding hydrogens is 923 g/mol. The van der Waals surface area contributed by atoms with Crippen molar-refractivity contribution in [2.24, 2.45) is 0 Å². The van der Waals surface area contributed by atoms with Crippen LogP contribution in [-0.2, 0) is 28.5 Å². The molecule has 1 heterocycles. The number of carbonyl (C=O) groups excluding carboxylic acids is 4. The second kappa shape index (κ2) is 37.8. The van der Waals surface area contributed by atoms with Crippen molar-refractivity contribution in [3.63, 3.8) is 0 Å². The average molecular weight is 1010 g/mol. The van der Waals surface area contributed by atoms with Crippen LogP contribution in [0.4, 0.5) is 0 Å². The number of aliphatic hydroxyl groups excluding tert-OH is 2. The van der Waals surface area contributed by atoms with Gasteiger partial charge in [-0.3, -0.25) is 4.79 Å². The van der Waals surface area contributed by atoms with E-state index in [1.54, 1.807) is 97.1 Å². The van der Waals surface area contributed by atoms with Gasteiger partial charge in [-0.15, -0.1) is 0 Å². The molecule has 3 aromatic rings. The van der Waals surface area contributed by atoms with E-state index in [-0.39, 0.29) is 30.1 Å². The molecule has 0 aromatic heterocycles. The van der Waals surface area contributed by atoms with Crippen molar-refractivity contribution in [2.75, 3.05) is 13.2 Å². The first-order chi connectivity index (χ1) is 35.7. The summed E-state index contributed by atoms with van der Waals surface area (Å²) in [4.78, 5) is 54.9. The van der Waals surface area contributed by atoms with E-state index in [4.69, 9.17) is 23.7 Å². The zero-order chi connectivity index (χ0) is 52.1. The van der Waals surface area contributed by atoms with Gasteiger partial charge in [-0.05, 0) is 61.7 Å². The highest BCUT2D eigenvalue weighted by atomic mass is 16.7. The zero-order valence-electron chi connectivity index (χ0n) is 44.2. The molecule has 1 saturated heterocycles. The topological polar surface area (TPSA) is 167 Å². The third kappa shape index (κ3) is 24.3. The maximum Gasteiger partial charge on any atom is 0.338 e. The van der Waals surface area contributed by atoms with Crippen molar-refractivity contribution in [3.8, 4) is 0 Å². The largest absolute Gasteiger partial charge is 0.452 e. The summed E-state index contributed by atoms with van der Waals surface area (Å²) in [6, 6.07) is 24.0. The lowest BCUT2D eigenvalue weighted by Crippen LogP contribution is -2.62. The predicted octanol–water partition coefficient (Wildman–Crippen LogP) is 13.0. The first kappa shape index (κ1) is 60.7. The molecule has 0 aliphatic carbocycles. The van der Waals surface area contributed by atoms with Crippen molar-refractivity contribution >= 4 is 23.8 Å². The number of nitrogens with one attached hydrogen (secondary N) is 1. The Morgan fingerprint density at radius 3 is 1.42 bits per heavy atom. The van der Waals surface area contributed by atoms with Gasteiger partial charge in [-0.1, -0.05) is 216 Å². The van der Waals surface area contributed by atoms with Gasteiger partial charge in [0.05, 0.1) is 35.9 Å². The van der Waals surface area contributed by atoms with E-state index < -0.39 is 67.4 Å². The van der Waals surface area contributed by atoms with Gasteiger partial charge < -0.3 is 39.2 Å². The quantitative estimate of drug-likeness (QED) is 0.0215. The number of benzene rings is 3. The number of hydrogen-bond acceptors (Lipinski definition) is 11. The highest BCUT2D eigenvalue weighted by Crippen LogP contribution is 2.29. The van der Waals surface area contributed by atoms with Crippen LogP contribution in [-0.4, -0.2) is 90.1 Å². The Bertz CT molecular complexity index is 1950. The van der Waals surface area contributed by atoms with E-state index in [9.17, 15) is 29.4 Å². The minimum absolute atomic E-state index is 0.182. The fraction of sp³-hybridized carbons (Fsp3) is 0.607. The zero-order valence-corrected chi connectivity index (χ0v) is 44.2. The molecule has 1 fully saturated rings. The van der Waals surface area contributed by atoms with Gasteiger partial charge >= 0.3 is 17.9 Å². The number of amides is 1. The van der Waals surface area contributed by atoms with Gasteiger partial charge in [0, 0.05) is 6.42 Å². The molecule has 0 unspecified atom stereocenters. The molecule has 404 valence electrons. The van der Waals surface area contributed by atoms with E-state index >= 15 is 0 Å². The molecule has 1 amide bonds. The third-order valence-electron chi connectivity index (χ3n) is 13.5. The Hall–Kier alpha value is -4.88. The van der Waals surface area contributed by atoms with Crippen LogP contribution in [0.15, 0.2) is 103 Å². The maximum absolute atomic E-state index is 13.9. The Morgan fingerprint density at radius 1 is 0.562 bits per heavy atom. The molecule has 1 aliphatic heterocycles. The number of unbranched alkanes of at least 4 members (excludes halogenated alkanes) is 23. The molecule has 0 spiro atoms. The van der Waals surface area contributed by atoms with E-state index in [1.807, 2.05) is 6.08 Å². The number of ether oxygens (including phenoxy) is 5. The molecule has 1 aliphatic rings. The minimum Gasteiger partial charge on any atom is -0.452 e. The van der Waals surface area contributed by atoms with Crippen molar-refractivity contribution < 1.29 is 53.1 Å². The number of esters is 3. The highest BCUT2D eigenvalue weighted by molar-refractivity contribution is 5.91. The SMILES string of the molecule is CCCCCCCCCCCCC/C=C/[C@@H](OC(=O)c1ccccc1)[C@H](CO[C@H]1O[C@H](CO)[C@@H](O)[C@H](OC(=O)c2ccccc2)[C@H]1OC(=O)c1ccccc1)NC(=O)CCCCCCCCCCCCCCC. The van der Waals surface area contributed by atoms with E-state index in [0.29, 0.717) is 12.0 Å². The van der Waals surface area contributed by atoms with Crippen molar-refractivity contribution in [3.05, 3.63) is 120 Å². The smallest absolute Gasteiger partial charge is 0.338 e. The van der Waals surface area contributed by atoms with Crippen LogP contribution in [0.2, 0.25) is 0 Å². The van der Waals surface area contributed by atoms with Crippen LogP contribution in [0, 0.1) is 0 Å². The molecule has 3 N–H and O–H groups in total. The fourth-order valence-electron chi connectivity index (χ4n) is 9.14. The van der Waals surface area contributed by atoms with Gasteiger partial charge in [0.15, 0.2) is 18.5 Å². The van der Waals surface area contributed by atoms with Crippen LogP contribution in [0.3, 0.4) is 0 Å². The number of rotatable bonds is 39. The van der Waals surface area contributed by atoms with Crippen LogP contribution in [0.5, 0.6) is 0 Å². The molecule has 0 radical (unpaired) electrons. The van der Waals surface area contributed by atoms with Crippen molar-refractivity contribution in [1.29, 1.82) is 0 Å². The number of hydrogen-bond donors (Lipinski definition) is 3. The summed E-state index contributed by atoms with van der Waals surface area (Å²) in [6.07, 6.45) is 24.7. The van der Waals surface area contributed by atoms with Gasteiger partial charge in [0.2, 0.25) is 5.91 Å². The first-order valence-corrected chi connectivity index (χ1v) is 28.1. The normalized spacial score (nSPS) is 18.5. The summed E-state index contributed by atoms with van der Waals surface area (Å²) in [5.41, 5.74) is 0.694. The molecule has 12 nitrogen and oxygen atoms in total. The second-order valence-corrected chi connectivity index (χ2v) is 19.7. The van der Waals surface area contributed by atoms with Crippen LogP contribution in [0.25, 0.3) is 0 Å². The summed E-state index contributed by atoms with van der Waals surface area (Å²) >= 11 is 0. The number of aliphatic hydroxyl groups is 2. The lowest BCUT2D eigenvalue weighted by molar-refractivity contribution is -0.300. The van der Waals surface area contributed by atoms with Crippen LogP contribution in [0.1, 0.15) is 212 Å². The Balaban J connectivity index is 1.52. The minimum atomic E-state index is -1.64. The van der Waals surface area contributed by atoms with Crippen molar-refractivity contribution in [1.82, 2.24) is 5.32 Å². The van der Waals surface area contributed by atoms with Crippen LogP contribution < -0.4 is 5.32 Å². The monoisotopic (exact) mass is 1010 g/mol. The summed E-state index contributed by atoms with van der Waals surface area (Å²) in [7, 11) is 0. The molecule has 7 atom stereocenters. The Labute approximate surface area is 437 Å². The maximum atomic E-state index is 13.9. The molecular formula is C61H89NO11.